The third-order valence-corrected chi connectivity index (χ3v) is 6.30. The van der Waals surface area contributed by atoms with E-state index in [1.807, 2.05) is 0 Å². The van der Waals surface area contributed by atoms with Gasteiger partial charge in [0, 0.05) is 19.1 Å². The van der Waals surface area contributed by atoms with E-state index in [0.29, 0.717) is 11.4 Å². The first-order valence-electron chi connectivity index (χ1n) is 10.3. The lowest BCUT2D eigenvalue weighted by molar-refractivity contribution is 0.134. The summed E-state index contributed by atoms with van der Waals surface area (Å²) in [5.74, 6) is 0.742. The van der Waals surface area contributed by atoms with E-state index in [9.17, 15) is 10.2 Å². The highest BCUT2D eigenvalue weighted by molar-refractivity contribution is 5.51. The van der Waals surface area contributed by atoms with Gasteiger partial charge in [-0.05, 0) is 55.7 Å². The lowest BCUT2D eigenvalue weighted by atomic mass is 9.73. The van der Waals surface area contributed by atoms with Crippen LogP contribution in [-0.4, -0.2) is 38.9 Å². The zero-order valence-corrected chi connectivity index (χ0v) is 17.2. The Bertz CT molecular complexity index is 911. The molecular formula is C23H30N4O2. The van der Waals surface area contributed by atoms with Crippen LogP contribution in [0.15, 0.2) is 36.5 Å². The van der Waals surface area contributed by atoms with E-state index in [-0.39, 0.29) is 18.1 Å². The monoisotopic (exact) mass is 394 g/mol. The molecule has 1 fully saturated rings. The normalized spacial score (nSPS) is 21.1. The number of rotatable bonds is 4. The van der Waals surface area contributed by atoms with Crippen molar-refractivity contribution in [1.82, 2.24) is 9.97 Å². The van der Waals surface area contributed by atoms with Gasteiger partial charge in [0.05, 0.1) is 24.1 Å². The second-order valence-corrected chi connectivity index (χ2v) is 8.91. The van der Waals surface area contributed by atoms with E-state index >= 15 is 0 Å². The summed E-state index contributed by atoms with van der Waals surface area (Å²) in [6.45, 7) is 4.94. The first-order valence-corrected chi connectivity index (χ1v) is 10.3. The molecule has 154 valence electrons. The smallest absolute Gasteiger partial charge is 0.152 e. The fraction of sp³-hybridized carbons (Fsp3) is 0.478. The van der Waals surface area contributed by atoms with Gasteiger partial charge in [0.15, 0.2) is 5.82 Å². The predicted molar refractivity (Wildman–Crippen MR) is 114 cm³/mol. The lowest BCUT2D eigenvalue weighted by Crippen LogP contribution is -2.45. The molecule has 1 saturated heterocycles. The van der Waals surface area contributed by atoms with E-state index in [0.717, 1.165) is 38.2 Å². The van der Waals surface area contributed by atoms with Crippen molar-refractivity contribution in [1.29, 1.82) is 0 Å². The molecule has 1 aliphatic carbocycles. The van der Waals surface area contributed by atoms with Gasteiger partial charge in [-0.2, -0.15) is 0 Å². The first-order chi connectivity index (χ1) is 13.8. The van der Waals surface area contributed by atoms with Crippen molar-refractivity contribution in [2.45, 2.75) is 51.4 Å². The molecule has 1 atom stereocenters. The molecule has 2 aromatic rings. The van der Waals surface area contributed by atoms with Gasteiger partial charge in [-0.15, -0.1) is 0 Å². The van der Waals surface area contributed by atoms with Crippen LogP contribution in [0.25, 0.3) is 6.08 Å². The third-order valence-electron chi connectivity index (χ3n) is 6.30. The molecule has 0 saturated carbocycles. The van der Waals surface area contributed by atoms with Crippen molar-refractivity contribution in [3.8, 4) is 0 Å². The number of benzene rings is 1. The van der Waals surface area contributed by atoms with Crippen molar-refractivity contribution in [3.63, 3.8) is 0 Å². The molecule has 0 amide bonds. The van der Waals surface area contributed by atoms with Crippen LogP contribution in [0.1, 0.15) is 55.2 Å². The van der Waals surface area contributed by atoms with Gasteiger partial charge in [-0.3, -0.25) is 0 Å². The number of nitrogens with two attached hydrogens (primary N) is 1. The zero-order valence-electron chi connectivity index (χ0n) is 17.2. The molecule has 29 heavy (non-hydrogen) atoms. The molecule has 6 heteroatoms. The topological polar surface area (TPSA) is 95.5 Å². The summed E-state index contributed by atoms with van der Waals surface area (Å²) in [5, 5.41) is 19.7. The molecule has 2 aliphatic rings. The Morgan fingerprint density at radius 1 is 1.28 bits per heavy atom. The highest BCUT2D eigenvalue weighted by Gasteiger charge is 2.46. The summed E-state index contributed by atoms with van der Waals surface area (Å²) in [6, 6.07) is 8.61. The van der Waals surface area contributed by atoms with Gasteiger partial charge in [0.1, 0.15) is 5.69 Å². The second-order valence-electron chi connectivity index (χ2n) is 8.91. The van der Waals surface area contributed by atoms with Crippen LogP contribution >= 0.6 is 0 Å². The van der Waals surface area contributed by atoms with Crippen LogP contribution in [0, 0.1) is 5.41 Å². The Hall–Kier alpha value is -2.28. The molecule has 1 spiro atoms. The average Bonchev–Trinajstić information content (AvgIpc) is 2.98. The van der Waals surface area contributed by atoms with Gasteiger partial charge in [-0.1, -0.05) is 30.3 Å². The van der Waals surface area contributed by atoms with Gasteiger partial charge in [0.2, 0.25) is 0 Å². The molecule has 1 aliphatic heterocycles. The molecular weight excluding hydrogens is 364 g/mol. The molecule has 1 aromatic carbocycles. The quantitative estimate of drug-likeness (QED) is 0.738. The Labute approximate surface area is 172 Å². The van der Waals surface area contributed by atoms with Crippen molar-refractivity contribution in [2.24, 2.45) is 11.1 Å². The van der Waals surface area contributed by atoms with Gasteiger partial charge >= 0.3 is 0 Å². The summed E-state index contributed by atoms with van der Waals surface area (Å²) < 4.78 is 0. The highest BCUT2D eigenvalue weighted by Crippen LogP contribution is 2.50. The van der Waals surface area contributed by atoms with Gasteiger partial charge in [-0.25, -0.2) is 9.97 Å². The molecule has 2 heterocycles. The van der Waals surface area contributed by atoms with Crippen molar-refractivity contribution in [3.05, 3.63) is 59.1 Å². The second kappa shape index (κ2) is 7.52. The standard InChI is InChI=1S/C23H30N4O2/c1-22(2,29)8-7-17-14-25-21(19(15-28)26-17)27-11-9-23(10-12-27)13-16-5-3-4-6-18(16)20(23)24/h3-8,14,20,28-29H,9-13,15,24H2,1-2H3/b8-7+/t20-/m1/s1. The molecule has 4 rings (SSSR count). The largest absolute Gasteiger partial charge is 0.390 e. The van der Waals surface area contributed by atoms with E-state index in [1.165, 1.54) is 11.1 Å². The minimum absolute atomic E-state index is 0.0820. The van der Waals surface area contributed by atoms with Crippen LogP contribution in [0.3, 0.4) is 0 Å². The van der Waals surface area contributed by atoms with Crippen LogP contribution in [0.4, 0.5) is 5.82 Å². The van der Waals surface area contributed by atoms with Crippen LogP contribution < -0.4 is 10.6 Å². The summed E-state index contributed by atoms with van der Waals surface area (Å²) in [4.78, 5) is 11.3. The molecule has 0 bridgehead atoms. The van der Waals surface area contributed by atoms with E-state index in [4.69, 9.17) is 5.73 Å². The lowest BCUT2D eigenvalue weighted by Gasteiger charge is -2.42. The summed E-state index contributed by atoms with van der Waals surface area (Å²) in [7, 11) is 0. The number of hydrogen-bond donors (Lipinski definition) is 3. The first kappa shape index (κ1) is 20.0. The number of nitrogens with zero attached hydrogens (tertiary/aromatic N) is 3. The van der Waals surface area contributed by atoms with Crippen LogP contribution in [0.2, 0.25) is 0 Å². The maximum Gasteiger partial charge on any atom is 0.152 e. The number of hydrogen-bond acceptors (Lipinski definition) is 6. The van der Waals surface area contributed by atoms with E-state index in [2.05, 4.69) is 39.1 Å². The molecule has 0 unspecified atom stereocenters. The molecule has 6 nitrogen and oxygen atoms in total. The number of aromatic nitrogens is 2. The minimum Gasteiger partial charge on any atom is -0.390 e. The number of piperidine rings is 1. The van der Waals surface area contributed by atoms with Gasteiger partial charge < -0.3 is 20.8 Å². The average molecular weight is 395 g/mol. The fourth-order valence-electron chi connectivity index (χ4n) is 4.65. The molecule has 0 radical (unpaired) electrons. The molecule has 1 aromatic heterocycles. The fourth-order valence-corrected chi connectivity index (χ4v) is 4.65. The van der Waals surface area contributed by atoms with E-state index < -0.39 is 5.60 Å². The highest BCUT2D eigenvalue weighted by atomic mass is 16.3. The van der Waals surface area contributed by atoms with Crippen molar-refractivity contribution in [2.75, 3.05) is 18.0 Å². The third kappa shape index (κ3) is 3.92. The number of aliphatic hydroxyl groups excluding tert-OH is 1. The predicted octanol–water partition coefficient (Wildman–Crippen LogP) is 2.60. The maximum atomic E-state index is 9.85. The molecule has 4 N–H and O–H groups in total. The minimum atomic E-state index is -0.918. The summed E-state index contributed by atoms with van der Waals surface area (Å²) >= 11 is 0. The SMILES string of the molecule is CC(C)(O)/C=C/c1cnc(N2CCC3(CC2)Cc2ccccc2[C@H]3N)c(CO)n1. The summed E-state index contributed by atoms with van der Waals surface area (Å²) in [6.07, 6.45) is 8.12. The Morgan fingerprint density at radius 3 is 2.66 bits per heavy atom. The zero-order chi connectivity index (χ0) is 20.6. The Balaban J connectivity index is 1.50. The van der Waals surface area contributed by atoms with Crippen LogP contribution in [0.5, 0.6) is 0 Å². The summed E-state index contributed by atoms with van der Waals surface area (Å²) in [5.41, 5.74) is 9.73. The van der Waals surface area contributed by atoms with Crippen molar-refractivity contribution >= 4 is 11.9 Å². The Kier molecular flexibility index (Phi) is 5.19. The van der Waals surface area contributed by atoms with E-state index in [1.54, 1.807) is 32.2 Å². The number of fused-ring (bicyclic) bond motifs is 1. The number of aliphatic hydroxyl groups is 2. The van der Waals surface area contributed by atoms with Crippen LogP contribution in [-0.2, 0) is 13.0 Å². The maximum absolute atomic E-state index is 9.85. The Morgan fingerprint density at radius 2 is 2.00 bits per heavy atom. The van der Waals surface area contributed by atoms with Crippen molar-refractivity contribution < 1.29 is 10.2 Å². The number of anilines is 1. The van der Waals surface area contributed by atoms with Gasteiger partial charge in [0.25, 0.3) is 0 Å².